The van der Waals surface area contributed by atoms with Gasteiger partial charge >= 0.3 is 0 Å². The summed E-state index contributed by atoms with van der Waals surface area (Å²) in [7, 11) is 1.61. The summed E-state index contributed by atoms with van der Waals surface area (Å²) < 4.78 is 10.0. The molecule has 0 radical (unpaired) electrons. The normalized spacial score (nSPS) is 12.7. The Bertz CT molecular complexity index is 194. The smallest absolute Gasteiger partial charge is 0.0900 e. The molecule has 0 aliphatic heterocycles. The highest BCUT2D eigenvalue weighted by molar-refractivity contribution is 4.77. The molecule has 0 aromatic carbocycles. The van der Waals surface area contributed by atoms with Crippen molar-refractivity contribution in [1.29, 1.82) is 5.26 Å². The highest BCUT2D eigenvalue weighted by Crippen LogP contribution is 1.95. The second kappa shape index (κ2) is 10.8. The molecule has 94 valence electrons. The molecule has 0 amide bonds. The molecule has 0 bridgehead atoms. The zero-order valence-corrected chi connectivity index (χ0v) is 10.2. The predicted molar refractivity (Wildman–Crippen MR) is 61.0 cm³/mol. The van der Waals surface area contributed by atoms with Crippen molar-refractivity contribution in [2.45, 2.75) is 19.4 Å². The Kier molecular flexibility index (Phi) is 10.4. The van der Waals surface area contributed by atoms with Gasteiger partial charge in [-0.2, -0.15) is 5.26 Å². The second-order valence-corrected chi connectivity index (χ2v) is 3.61. The van der Waals surface area contributed by atoms with E-state index in [2.05, 4.69) is 6.07 Å². The Hall–Kier alpha value is -0.670. The van der Waals surface area contributed by atoms with E-state index in [1.807, 2.05) is 11.8 Å². The van der Waals surface area contributed by atoms with E-state index in [0.717, 1.165) is 13.0 Å². The second-order valence-electron chi connectivity index (χ2n) is 3.61. The summed E-state index contributed by atoms with van der Waals surface area (Å²) >= 11 is 0. The molecule has 16 heavy (non-hydrogen) atoms. The van der Waals surface area contributed by atoms with Crippen molar-refractivity contribution in [1.82, 2.24) is 4.90 Å². The van der Waals surface area contributed by atoms with E-state index < -0.39 is 6.10 Å². The first-order valence-electron chi connectivity index (χ1n) is 5.58. The van der Waals surface area contributed by atoms with E-state index >= 15 is 0 Å². The van der Waals surface area contributed by atoms with Gasteiger partial charge in [0.1, 0.15) is 0 Å². The number of hydrogen-bond donors (Lipinski definition) is 1. The Morgan fingerprint density at radius 2 is 2.19 bits per heavy atom. The van der Waals surface area contributed by atoms with Crippen LogP contribution < -0.4 is 0 Å². The summed E-state index contributed by atoms with van der Waals surface area (Å²) in [5.41, 5.74) is 0. The van der Waals surface area contributed by atoms with Crippen molar-refractivity contribution in [2.75, 3.05) is 46.6 Å². The average Bonchev–Trinajstić information content (AvgIpc) is 2.25. The SMILES string of the molecule is CCCN(CC#N)CC(O)COCCOC. The van der Waals surface area contributed by atoms with E-state index in [0.29, 0.717) is 26.3 Å². The topological polar surface area (TPSA) is 65.7 Å². The molecule has 0 rings (SSSR count). The lowest BCUT2D eigenvalue weighted by molar-refractivity contribution is 0.000977. The average molecular weight is 230 g/mol. The molecule has 0 saturated heterocycles. The maximum atomic E-state index is 9.66. The van der Waals surface area contributed by atoms with Gasteiger partial charge in [-0.15, -0.1) is 0 Å². The third kappa shape index (κ3) is 8.62. The minimum Gasteiger partial charge on any atom is -0.389 e. The molecule has 0 spiro atoms. The molecule has 1 N–H and O–H groups in total. The van der Waals surface area contributed by atoms with Gasteiger partial charge in [-0.05, 0) is 13.0 Å². The summed E-state index contributed by atoms with van der Waals surface area (Å²) in [5.74, 6) is 0. The molecule has 0 heterocycles. The van der Waals surface area contributed by atoms with Crippen molar-refractivity contribution >= 4 is 0 Å². The van der Waals surface area contributed by atoms with Gasteiger partial charge in [0.2, 0.25) is 0 Å². The lowest BCUT2D eigenvalue weighted by Crippen LogP contribution is -2.36. The summed E-state index contributed by atoms with van der Waals surface area (Å²) in [4.78, 5) is 1.92. The van der Waals surface area contributed by atoms with Gasteiger partial charge < -0.3 is 14.6 Å². The van der Waals surface area contributed by atoms with Gasteiger partial charge in [-0.3, -0.25) is 4.90 Å². The molecule has 1 atom stereocenters. The van der Waals surface area contributed by atoms with Gasteiger partial charge in [0, 0.05) is 13.7 Å². The van der Waals surface area contributed by atoms with Crippen molar-refractivity contribution in [3.63, 3.8) is 0 Å². The third-order valence-corrected chi connectivity index (χ3v) is 2.05. The first-order valence-corrected chi connectivity index (χ1v) is 5.58. The highest BCUT2D eigenvalue weighted by Gasteiger charge is 2.10. The van der Waals surface area contributed by atoms with E-state index in [4.69, 9.17) is 14.7 Å². The van der Waals surface area contributed by atoms with Gasteiger partial charge in [0.05, 0.1) is 38.5 Å². The van der Waals surface area contributed by atoms with E-state index in [9.17, 15) is 5.11 Å². The van der Waals surface area contributed by atoms with Crippen LogP contribution in [0.3, 0.4) is 0 Å². The van der Waals surface area contributed by atoms with Crippen LogP contribution in [0.15, 0.2) is 0 Å². The third-order valence-electron chi connectivity index (χ3n) is 2.05. The quantitative estimate of drug-likeness (QED) is 0.430. The van der Waals surface area contributed by atoms with Crippen molar-refractivity contribution in [3.05, 3.63) is 0 Å². The molecule has 0 aromatic heterocycles. The number of aliphatic hydroxyl groups is 1. The van der Waals surface area contributed by atoms with Crippen LogP contribution in [0.5, 0.6) is 0 Å². The maximum Gasteiger partial charge on any atom is 0.0900 e. The Morgan fingerprint density at radius 3 is 2.75 bits per heavy atom. The van der Waals surface area contributed by atoms with Crippen molar-refractivity contribution < 1.29 is 14.6 Å². The number of rotatable bonds is 10. The van der Waals surface area contributed by atoms with Crippen LogP contribution in [-0.4, -0.2) is 62.7 Å². The van der Waals surface area contributed by atoms with Crippen LogP contribution in [0, 0.1) is 11.3 Å². The van der Waals surface area contributed by atoms with Gasteiger partial charge in [-0.25, -0.2) is 0 Å². The lowest BCUT2D eigenvalue weighted by Gasteiger charge is -2.21. The number of nitrogens with zero attached hydrogens (tertiary/aromatic N) is 2. The number of nitriles is 1. The molecular formula is C11H22N2O3. The highest BCUT2D eigenvalue weighted by atomic mass is 16.5. The van der Waals surface area contributed by atoms with Crippen LogP contribution >= 0.6 is 0 Å². The monoisotopic (exact) mass is 230 g/mol. The lowest BCUT2D eigenvalue weighted by atomic mass is 10.3. The van der Waals surface area contributed by atoms with Gasteiger partial charge in [0.25, 0.3) is 0 Å². The molecular weight excluding hydrogens is 208 g/mol. The summed E-state index contributed by atoms with van der Waals surface area (Å²) in [5, 5.41) is 18.3. The molecule has 0 aliphatic carbocycles. The van der Waals surface area contributed by atoms with Gasteiger partial charge in [-0.1, -0.05) is 6.92 Å². The summed E-state index contributed by atoms with van der Waals surface area (Å²) in [6, 6.07) is 2.09. The largest absolute Gasteiger partial charge is 0.389 e. The van der Waals surface area contributed by atoms with E-state index in [-0.39, 0.29) is 6.61 Å². The van der Waals surface area contributed by atoms with E-state index in [1.165, 1.54) is 0 Å². The standard InChI is InChI=1S/C11H22N2O3/c1-3-5-13(6-4-12)9-11(14)10-16-8-7-15-2/h11,14H,3,5-10H2,1-2H3. The Morgan fingerprint density at radius 1 is 1.44 bits per heavy atom. The molecule has 0 saturated carbocycles. The van der Waals surface area contributed by atoms with Crippen LogP contribution in [0.2, 0.25) is 0 Å². The van der Waals surface area contributed by atoms with E-state index in [1.54, 1.807) is 7.11 Å². The predicted octanol–water partition coefficient (Wildman–Crippen LogP) is 0.246. The van der Waals surface area contributed by atoms with Crippen LogP contribution in [0.25, 0.3) is 0 Å². The fourth-order valence-corrected chi connectivity index (χ4v) is 1.36. The zero-order chi connectivity index (χ0) is 12.2. The first-order chi connectivity index (χ1) is 7.74. The fourth-order valence-electron chi connectivity index (χ4n) is 1.36. The Balaban J connectivity index is 3.64. The molecule has 5 nitrogen and oxygen atoms in total. The molecule has 0 aromatic rings. The fraction of sp³-hybridized carbons (Fsp3) is 0.909. The van der Waals surface area contributed by atoms with Crippen LogP contribution in [0.1, 0.15) is 13.3 Å². The zero-order valence-electron chi connectivity index (χ0n) is 10.2. The number of ether oxygens (including phenoxy) is 2. The first kappa shape index (κ1) is 15.3. The molecule has 0 fully saturated rings. The molecule has 1 unspecified atom stereocenters. The molecule has 0 aliphatic rings. The minimum atomic E-state index is -0.545. The number of methoxy groups -OCH3 is 1. The van der Waals surface area contributed by atoms with Crippen molar-refractivity contribution in [3.8, 4) is 6.07 Å². The number of hydrogen-bond acceptors (Lipinski definition) is 5. The van der Waals surface area contributed by atoms with Crippen LogP contribution in [-0.2, 0) is 9.47 Å². The van der Waals surface area contributed by atoms with Crippen LogP contribution in [0.4, 0.5) is 0 Å². The van der Waals surface area contributed by atoms with Gasteiger partial charge in [0.15, 0.2) is 0 Å². The van der Waals surface area contributed by atoms with Crippen molar-refractivity contribution in [2.24, 2.45) is 0 Å². The molecule has 5 heteroatoms. The number of aliphatic hydroxyl groups excluding tert-OH is 1. The summed E-state index contributed by atoms with van der Waals surface area (Å²) in [6.07, 6.45) is 0.426. The maximum absolute atomic E-state index is 9.66. The summed E-state index contributed by atoms with van der Waals surface area (Å²) in [6.45, 7) is 5.00. The Labute approximate surface area is 97.6 Å². The minimum absolute atomic E-state index is 0.287.